The van der Waals surface area contributed by atoms with Crippen molar-refractivity contribution in [1.82, 2.24) is 5.32 Å². The zero-order chi connectivity index (χ0) is 12.8. The lowest BCUT2D eigenvalue weighted by molar-refractivity contribution is -0.144. The summed E-state index contributed by atoms with van der Waals surface area (Å²) in [5.74, 6) is 0.0841. The van der Waals surface area contributed by atoms with E-state index in [0.29, 0.717) is 6.54 Å². The molecule has 5 heteroatoms. The van der Waals surface area contributed by atoms with Crippen molar-refractivity contribution in [2.45, 2.75) is 32.9 Å². The van der Waals surface area contributed by atoms with Crippen molar-refractivity contribution in [1.29, 1.82) is 0 Å². The predicted octanol–water partition coefficient (Wildman–Crippen LogP) is 3.19. The van der Waals surface area contributed by atoms with Gasteiger partial charge in [-0.05, 0) is 27.9 Å². The molecule has 2 unspecified atom stereocenters. The van der Waals surface area contributed by atoms with E-state index in [-0.39, 0.29) is 17.9 Å². The van der Waals surface area contributed by atoms with Crippen molar-refractivity contribution in [2.24, 2.45) is 5.92 Å². The fourth-order valence-corrected chi connectivity index (χ4v) is 2.94. The van der Waals surface area contributed by atoms with E-state index in [1.807, 2.05) is 5.38 Å². The molecule has 0 spiro atoms. The summed E-state index contributed by atoms with van der Waals surface area (Å²) >= 11 is 5.08. The van der Waals surface area contributed by atoms with Crippen LogP contribution in [0, 0.1) is 5.92 Å². The number of carbonyl (C=O) groups excluding carboxylic acids is 1. The molecule has 0 aliphatic rings. The molecule has 2 atom stereocenters. The number of nitrogens with one attached hydrogen (secondary N) is 1. The predicted molar refractivity (Wildman–Crippen MR) is 74.1 cm³/mol. The van der Waals surface area contributed by atoms with Crippen molar-refractivity contribution in [3.8, 4) is 0 Å². The maximum Gasteiger partial charge on any atom is 0.323 e. The highest BCUT2D eigenvalue weighted by molar-refractivity contribution is 9.10. The number of rotatable bonds is 6. The third kappa shape index (κ3) is 4.41. The van der Waals surface area contributed by atoms with E-state index in [9.17, 15) is 4.79 Å². The number of methoxy groups -OCH3 is 1. The van der Waals surface area contributed by atoms with Crippen LogP contribution in [0.5, 0.6) is 0 Å². The van der Waals surface area contributed by atoms with Gasteiger partial charge in [-0.25, -0.2) is 0 Å². The standard InChI is InChI=1S/C12H18BrNO2S/c1-4-8(2)11(12(15)16-3)14-6-10-5-9(13)7-17-10/h5,7-8,11,14H,4,6H2,1-3H3. The third-order valence-corrected chi connectivity index (χ3v) is 4.48. The maximum absolute atomic E-state index is 11.6. The minimum Gasteiger partial charge on any atom is -0.468 e. The highest BCUT2D eigenvalue weighted by Crippen LogP contribution is 2.20. The number of thiophene rings is 1. The van der Waals surface area contributed by atoms with Crippen LogP contribution in [0.25, 0.3) is 0 Å². The van der Waals surface area contributed by atoms with Crippen LogP contribution >= 0.6 is 27.3 Å². The summed E-state index contributed by atoms with van der Waals surface area (Å²) in [5.41, 5.74) is 0. The van der Waals surface area contributed by atoms with Gasteiger partial charge in [-0.15, -0.1) is 11.3 Å². The largest absolute Gasteiger partial charge is 0.468 e. The number of carbonyl (C=O) groups is 1. The first-order chi connectivity index (χ1) is 8.08. The van der Waals surface area contributed by atoms with Crippen molar-refractivity contribution in [3.05, 3.63) is 20.8 Å². The molecule has 0 amide bonds. The minimum absolute atomic E-state index is 0.185. The second-order valence-corrected chi connectivity index (χ2v) is 5.91. The molecular formula is C12H18BrNO2S. The molecule has 0 radical (unpaired) electrons. The van der Waals surface area contributed by atoms with Crippen molar-refractivity contribution < 1.29 is 9.53 Å². The second-order valence-electron chi connectivity index (χ2n) is 4.00. The highest BCUT2D eigenvalue weighted by atomic mass is 79.9. The molecule has 0 saturated carbocycles. The quantitative estimate of drug-likeness (QED) is 0.818. The lowest BCUT2D eigenvalue weighted by Crippen LogP contribution is -2.42. The Morgan fingerprint density at radius 3 is 2.82 bits per heavy atom. The number of halogens is 1. The van der Waals surface area contributed by atoms with Crippen LogP contribution in [0.2, 0.25) is 0 Å². The Hall–Kier alpha value is -0.390. The molecule has 0 fully saturated rings. The molecule has 0 aromatic carbocycles. The molecule has 1 aromatic rings. The van der Waals surface area contributed by atoms with Gasteiger partial charge in [-0.1, -0.05) is 20.3 Å². The molecule has 1 rings (SSSR count). The fraction of sp³-hybridized carbons (Fsp3) is 0.583. The van der Waals surface area contributed by atoms with Crippen LogP contribution in [0.3, 0.4) is 0 Å². The Morgan fingerprint density at radius 2 is 2.35 bits per heavy atom. The molecule has 1 aromatic heterocycles. The van der Waals surface area contributed by atoms with Crippen LogP contribution < -0.4 is 5.32 Å². The van der Waals surface area contributed by atoms with Crippen LogP contribution in [-0.2, 0) is 16.1 Å². The topological polar surface area (TPSA) is 38.3 Å². The normalized spacial score (nSPS) is 14.4. The Morgan fingerprint density at radius 1 is 1.65 bits per heavy atom. The molecule has 0 aliphatic heterocycles. The molecule has 96 valence electrons. The van der Waals surface area contributed by atoms with Crippen molar-refractivity contribution in [3.63, 3.8) is 0 Å². The Labute approximate surface area is 115 Å². The molecule has 0 saturated heterocycles. The van der Waals surface area contributed by atoms with Crippen LogP contribution in [0.4, 0.5) is 0 Å². The van der Waals surface area contributed by atoms with Gasteiger partial charge in [0.2, 0.25) is 0 Å². The average molecular weight is 320 g/mol. The van der Waals surface area contributed by atoms with E-state index in [2.05, 4.69) is 41.2 Å². The molecule has 3 nitrogen and oxygen atoms in total. The van der Waals surface area contributed by atoms with Gasteiger partial charge in [0.05, 0.1) is 7.11 Å². The van der Waals surface area contributed by atoms with Gasteiger partial charge in [0, 0.05) is 21.3 Å². The van der Waals surface area contributed by atoms with E-state index >= 15 is 0 Å². The van der Waals surface area contributed by atoms with Gasteiger partial charge in [0.25, 0.3) is 0 Å². The first-order valence-electron chi connectivity index (χ1n) is 5.62. The molecule has 0 aliphatic carbocycles. The smallest absolute Gasteiger partial charge is 0.323 e. The monoisotopic (exact) mass is 319 g/mol. The summed E-state index contributed by atoms with van der Waals surface area (Å²) in [5, 5.41) is 5.30. The van der Waals surface area contributed by atoms with E-state index in [4.69, 9.17) is 4.74 Å². The molecule has 17 heavy (non-hydrogen) atoms. The van der Waals surface area contributed by atoms with Gasteiger partial charge in [0.1, 0.15) is 6.04 Å². The van der Waals surface area contributed by atoms with Gasteiger partial charge in [-0.2, -0.15) is 0 Å². The van der Waals surface area contributed by atoms with Gasteiger partial charge >= 0.3 is 5.97 Å². The summed E-state index contributed by atoms with van der Waals surface area (Å²) in [6.07, 6.45) is 0.945. The van der Waals surface area contributed by atoms with Gasteiger partial charge in [0.15, 0.2) is 0 Å². The van der Waals surface area contributed by atoms with Crippen molar-refractivity contribution >= 4 is 33.2 Å². The number of hydrogen-bond acceptors (Lipinski definition) is 4. The van der Waals surface area contributed by atoms with Crippen molar-refractivity contribution in [2.75, 3.05) is 7.11 Å². The summed E-state index contributed by atoms with van der Waals surface area (Å²) in [6.45, 7) is 4.82. The second kappa shape index (κ2) is 7.13. The summed E-state index contributed by atoms with van der Waals surface area (Å²) in [6, 6.07) is 1.83. The Balaban J connectivity index is 2.57. The lowest BCUT2D eigenvalue weighted by atomic mass is 9.99. The molecular weight excluding hydrogens is 302 g/mol. The first-order valence-corrected chi connectivity index (χ1v) is 7.29. The van der Waals surface area contributed by atoms with Gasteiger partial charge in [-0.3, -0.25) is 10.1 Å². The SMILES string of the molecule is CCC(C)C(NCc1cc(Br)cs1)C(=O)OC. The number of esters is 1. The summed E-state index contributed by atoms with van der Waals surface area (Å²) in [4.78, 5) is 12.9. The third-order valence-electron chi connectivity index (χ3n) is 2.79. The average Bonchev–Trinajstić information content (AvgIpc) is 2.74. The van der Waals surface area contributed by atoms with E-state index in [1.54, 1.807) is 11.3 Å². The lowest BCUT2D eigenvalue weighted by Gasteiger charge is -2.21. The minimum atomic E-state index is -0.231. The molecule has 1 heterocycles. The summed E-state index contributed by atoms with van der Waals surface area (Å²) in [7, 11) is 1.43. The molecule has 1 N–H and O–H groups in total. The van der Waals surface area contributed by atoms with Gasteiger partial charge < -0.3 is 4.74 Å². The van der Waals surface area contributed by atoms with E-state index < -0.39 is 0 Å². The van der Waals surface area contributed by atoms with E-state index in [1.165, 1.54) is 12.0 Å². The Kier molecular flexibility index (Phi) is 6.16. The Bertz CT molecular complexity index is 367. The number of ether oxygens (including phenoxy) is 1. The zero-order valence-electron chi connectivity index (χ0n) is 10.3. The number of hydrogen-bond donors (Lipinski definition) is 1. The summed E-state index contributed by atoms with van der Waals surface area (Å²) < 4.78 is 5.90. The molecule has 0 bridgehead atoms. The van der Waals surface area contributed by atoms with E-state index in [0.717, 1.165) is 10.9 Å². The zero-order valence-corrected chi connectivity index (χ0v) is 12.7. The highest BCUT2D eigenvalue weighted by Gasteiger charge is 2.24. The van der Waals surface area contributed by atoms with Crippen LogP contribution in [-0.4, -0.2) is 19.1 Å². The fourth-order valence-electron chi connectivity index (χ4n) is 1.54. The van der Waals surface area contributed by atoms with Crippen LogP contribution in [0.15, 0.2) is 15.9 Å². The van der Waals surface area contributed by atoms with Crippen LogP contribution in [0.1, 0.15) is 25.1 Å². The maximum atomic E-state index is 11.6. The first kappa shape index (κ1) is 14.7.